The minimum absolute atomic E-state index is 0.392. The highest BCUT2D eigenvalue weighted by molar-refractivity contribution is 6.30. The maximum atomic E-state index is 6.15. The molecule has 0 aliphatic heterocycles. The molecule has 0 spiro atoms. The number of nitrogen functional groups attached to an aromatic ring is 1. The van der Waals surface area contributed by atoms with Crippen LogP contribution in [-0.4, -0.2) is 9.78 Å². The average Bonchev–Trinajstić information content (AvgIpc) is 2.55. The first kappa shape index (κ1) is 12.8. The Kier molecular flexibility index (Phi) is 3.48. The Morgan fingerprint density at radius 3 is 2.72 bits per heavy atom. The van der Waals surface area contributed by atoms with E-state index >= 15 is 0 Å². The first-order valence-corrected chi connectivity index (χ1v) is 6.03. The van der Waals surface area contributed by atoms with Gasteiger partial charge in [-0.2, -0.15) is 5.10 Å². The molecule has 1 heterocycles. The van der Waals surface area contributed by atoms with Crippen LogP contribution in [0.15, 0.2) is 18.2 Å². The van der Waals surface area contributed by atoms with Crippen LogP contribution in [0.25, 0.3) is 0 Å². The molecule has 0 atom stereocenters. The lowest BCUT2D eigenvalue weighted by molar-refractivity contribution is 0.303. The van der Waals surface area contributed by atoms with Gasteiger partial charge < -0.3 is 10.5 Å². The predicted molar refractivity (Wildman–Crippen MR) is 72.9 cm³/mol. The van der Waals surface area contributed by atoms with Crippen LogP contribution >= 0.6 is 11.6 Å². The number of ether oxygens (including phenoxy) is 1. The first-order chi connectivity index (χ1) is 8.49. The van der Waals surface area contributed by atoms with Crippen LogP contribution in [0.2, 0.25) is 5.15 Å². The Labute approximate surface area is 111 Å². The monoisotopic (exact) mass is 265 g/mol. The number of rotatable bonds is 3. The van der Waals surface area contributed by atoms with Crippen molar-refractivity contribution in [2.45, 2.75) is 20.5 Å². The summed E-state index contributed by atoms with van der Waals surface area (Å²) in [5, 5.41) is 4.85. The molecular weight excluding hydrogens is 250 g/mol. The van der Waals surface area contributed by atoms with Crippen LogP contribution < -0.4 is 10.5 Å². The van der Waals surface area contributed by atoms with Crippen molar-refractivity contribution in [2.24, 2.45) is 7.05 Å². The molecule has 0 aliphatic rings. The van der Waals surface area contributed by atoms with Crippen LogP contribution in [0.1, 0.15) is 16.8 Å². The molecule has 4 nitrogen and oxygen atoms in total. The molecular formula is C13H16ClN3O. The van der Waals surface area contributed by atoms with E-state index in [-0.39, 0.29) is 0 Å². The molecule has 0 unspecified atom stereocenters. The van der Waals surface area contributed by atoms with E-state index in [0.29, 0.717) is 17.4 Å². The van der Waals surface area contributed by atoms with Gasteiger partial charge in [0, 0.05) is 24.4 Å². The van der Waals surface area contributed by atoms with Crippen LogP contribution in [-0.2, 0) is 13.7 Å². The predicted octanol–water partition coefficient (Wildman–Crippen LogP) is 2.85. The molecule has 18 heavy (non-hydrogen) atoms. The zero-order valence-electron chi connectivity index (χ0n) is 10.7. The molecule has 1 aromatic heterocycles. The van der Waals surface area contributed by atoms with Crippen molar-refractivity contribution in [3.63, 3.8) is 0 Å². The van der Waals surface area contributed by atoms with Gasteiger partial charge in [-0.25, -0.2) is 0 Å². The summed E-state index contributed by atoms with van der Waals surface area (Å²) in [6, 6.07) is 5.60. The Morgan fingerprint density at radius 1 is 1.39 bits per heavy atom. The largest absolute Gasteiger partial charge is 0.488 e. The van der Waals surface area contributed by atoms with Crippen molar-refractivity contribution in [1.29, 1.82) is 0 Å². The number of halogens is 1. The molecule has 0 radical (unpaired) electrons. The lowest BCUT2D eigenvalue weighted by atomic mass is 10.2. The van der Waals surface area contributed by atoms with Crippen molar-refractivity contribution in [3.05, 3.63) is 40.2 Å². The Bertz CT molecular complexity index is 578. The SMILES string of the molecule is Cc1ccc(N)cc1OCc1c(C)nn(C)c1Cl. The van der Waals surface area contributed by atoms with Gasteiger partial charge in [0.05, 0.1) is 5.69 Å². The van der Waals surface area contributed by atoms with Crippen LogP contribution in [0.5, 0.6) is 5.75 Å². The van der Waals surface area contributed by atoms with Gasteiger partial charge in [-0.3, -0.25) is 4.68 Å². The lowest BCUT2D eigenvalue weighted by Crippen LogP contribution is -1.99. The fourth-order valence-corrected chi connectivity index (χ4v) is 1.99. The second-order valence-electron chi connectivity index (χ2n) is 4.29. The zero-order chi connectivity index (χ0) is 13.3. The fraction of sp³-hybridized carbons (Fsp3) is 0.308. The molecule has 2 aromatic rings. The van der Waals surface area contributed by atoms with E-state index in [1.54, 1.807) is 4.68 Å². The zero-order valence-corrected chi connectivity index (χ0v) is 11.5. The summed E-state index contributed by atoms with van der Waals surface area (Å²) in [4.78, 5) is 0. The molecule has 0 saturated carbocycles. The number of anilines is 1. The molecule has 96 valence electrons. The third-order valence-electron chi connectivity index (χ3n) is 2.85. The minimum Gasteiger partial charge on any atom is -0.488 e. The van der Waals surface area contributed by atoms with Crippen molar-refractivity contribution in [2.75, 3.05) is 5.73 Å². The third kappa shape index (κ3) is 2.43. The fourth-order valence-electron chi connectivity index (χ4n) is 1.76. The average molecular weight is 266 g/mol. The highest BCUT2D eigenvalue weighted by Gasteiger charge is 2.12. The summed E-state index contributed by atoms with van der Waals surface area (Å²) in [6.45, 7) is 4.28. The van der Waals surface area contributed by atoms with Gasteiger partial charge in [-0.15, -0.1) is 0 Å². The van der Waals surface area contributed by atoms with Crippen LogP contribution in [0.4, 0.5) is 5.69 Å². The summed E-state index contributed by atoms with van der Waals surface area (Å²) in [5.74, 6) is 0.773. The number of nitrogens with two attached hydrogens (primary N) is 1. The highest BCUT2D eigenvalue weighted by atomic mass is 35.5. The van der Waals surface area contributed by atoms with Gasteiger partial charge in [0.25, 0.3) is 0 Å². The van der Waals surface area contributed by atoms with Gasteiger partial charge in [-0.1, -0.05) is 17.7 Å². The second-order valence-corrected chi connectivity index (χ2v) is 4.65. The quantitative estimate of drug-likeness (QED) is 0.869. The van der Waals surface area contributed by atoms with E-state index in [1.165, 1.54) is 0 Å². The number of nitrogens with zero attached hydrogens (tertiary/aromatic N) is 2. The third-order valence-corrected chi connectivity index (χ3v) is 3.33. The number of aryl methyl sites for hydroxylation is 3. The first-order valence-electron chi connectivity index (χ1n) is 5.66. The number of hydrogen-bond acceptors (Lipinski definition) is 3. The van der Waals surface area contributed by atoms with Crippen molar-refractivity contribution >= 4 is 17.3 Å². The molecule has 2 N–H and O–H groups in total. The Morgan fingerprint density at radius 2 is 2.11 bits per heavy atom. The minimum atomic E-state index is 0.392. The summed E-state index contributed by atoms with van der Waals surface area (Å²) < 4.78 is 7.40. The van der Waals surface area contributed by atoms with Crippen molar-refractivity contribution in [3.8, 4) is 5.75 Å². The van der Waals surface area contributed by atoms with E-state index in [0.717, 1.165) is 22.6 Å². The maximum Gasteiger partial charge on any atom is 0.133 e. The smallest absolute Gasteiger partial charge is 0.133 e. The van der Waals surface area contributed by atoms with E-state index in [2.05, 4.69) is 5.10 Å². The molecule has 2 rings (SSSR count). The van der Waals surface area contributed by atoms with Crippen molar-refractivity contribution < 1.29 is 4.74 Å². The van der Waals surface area contributed by atoms with Gasteiger partial charge in [0.1, 0.15) is 17.5 Å². The van der Waals surface area contributed by atoms with Gasteiger partial charge >= 0.3 is 0 Å². The van der Waals surface area contributed by atoms with E-state index in [1.807, 2.05) is 39.1 Å². The van der Waals surface area contributed by atoms with E-state index in [9.17, 15) is 0 Å². The summed E-state index contributed by atoms with van der Waals surface area (Å²) in [5.41, 5.74) is 9.25. The topological polar surface area (TPSA) is 53.1 Å². The number of hydrogen-bond donors (Lipinski definition) is 1. The standard InChI is InChI=1S/C13H16ClN3O/c1-8-4-5-10(15)6-12(8)18-7-11-9(2)16-17(3)13(11)14/h4-6H,7,15H2,1-3H3. The van der Waals surface area contributed by atoms with Gasteiger partial charge in [-0.05, 0) is 25.5 Å². The molecule has 0 saturated heterocycles. The summed E-state index contributed by atoms with van der Waals surface area (Å²) >= 11 is 6.15. The number of benzene rings is 1. The maximum absolute atomic E-state index is 6.15. The normalized spacial score (nSPS) is 10.7. The summed E-state index contributed by atoms with van der Waals surface area (Å²) in [7, 11) is 1.81. The van der Waals surface area contributed by atoms with Crippen molar-refractivity contribution in [1.82, 2.24) is 9.78 Å². The van der Waals surface area contributed by atoms with Gasteiger partial charge in [0.2, 0.25) is 0 Å². The van der Waals surface area contributed by atoms with E-state index < -0.39 is 0 Å². The molecule has 5 heteroatoms. The van der Waals surface area contributed by atoms with E-state index in [4.69, 9.17) is 22.1 Å². The lowest BCUT2D eigenvalue weighted by Gasteiger charge is -2.09. The highest BCUT2D eigenvalue weighted by Crippen LogP contribution is 2.24. The van der Waals surface area contributed by atoms with Crippen LogP contribution in [0, 0.1) is 13.8 Å². The molecule has 0 amide bonds. The Hall–Kier alpha value is -1.68. The summed E-state index contributed by atoms with van der Waals surface area (Å²) in [6.07, 6.45) is 0. The molecule has 0 fully saturated rings. The van der Waals surface area contributed by atoms with Crippen LogP contribution in [0.3, 0.4) is 0 Å². The molecule has 0 bridgehead atoms. The molecule has 1 aromatic carbocycles. The Balaban J connectivity index is 2.19. The van der Waals surface area contributed by atoms with Gasteiger partial charge in [0.15, 0.2) is 0 Å². The molecule has 0 aliphatic carbocycles. The number of aromatic nitrogens is 2. The second kappa shape index (κ2) is 4.90.